The molecular formula is C10H11F2N. The third-order valence-electron chi connectivity index (χ3n) is 2.63. The standard InChI is InChI=1S/C10H11F2N/c11-8-3-6-1-2-7(5-13)10(6)9(12)4-8/h3-4,7H,1-2,5,13H2. The number of aryl methyl sites for hydroxylation is 1. The van der Waals surface area contributed by atoms with Crippen molar-refractivity contribution in [2.45, 2.75) is 18.8 Å². The lowest BCUT2D eigenvalue weighted by Crippen LogP contribution is -2.10. The molecule has 1 aromatic rings. The Balaban J connectivity index is 2.51. The van der Waals surface area contributed by atoms with E-state index in [1.807, 2.05) is 0 Å². The van der Waals surface area contributed by atoms with Gasteiger partial charge < -0.3 is 5.73 Å². The average molecular weight is 183 g/mol. The van der Waals surface area contributed by atoms with Gasteiger partial charge in [-0.2, -0.15) is 0 Å². The van der Waals surface area contributed by atoms with E-state index in [-0.39, 0.29) is 5.92 Å². The van der Waals surface area contributed by atoms with E-state index >= 15 is 0 Å². The summed E-state index contributed by atoms with van der Waals surface area (Å²) in [6, 6.07) is 2.35. The summed E-state index contributed by atoms with van der Waals surface area (Å²) in [5.74, 6) is -0.854. The zero-order valence-electron chi connectivity index (χ0n) is 7.19. The summed E-state index contributed by atoms with van der Waals surface area (Å²) in [7, 11) is 0. The quantitative estimate of drug-likeness (QED) is 0.707. The minimum Gasteiger partial charge on any atom is -0.330 e. The average Bonchev–Trinajstić information content (AvgIpc) is 2.47. The minimum atomic E-state index is -0.492. The van der Waals surface area contributed by atoms with Crippen LogP contribution in [0.25, 0.3) is 0 Å². The van der Waals surface area contributed by atoms with Crippen LogP contribution in [0.5, 0.6) is 0 Å². The molecule has 1 nitrogen and oxygen atoms in total. The fourth-order valence-electron chi connectivity index (χ4n) is 2.01. The zero-order chi connectivity index (χ0) is 9.42. The molecule has 0 bridgehead atoms. The van der Waals surface area contributed by atoms with Gasteiger partial charge in [0.15, 0.2) is 0 Å². The van der Waals surface area contributed by atoms with E-state index in [4.69, 9.17) is 5.73 Å². The molecule has 70 valence electrons. The SMILES string of the molecule is NCC1CCc2cc(F)cc(F)c21. The normalized spacial score (nSPS) is 20.4. The van der Waals surface area contributed by atoms with Crippen LogP contribution >= 0.6 is 0 Å². The number of nitrogens with two attached hydrogens (primary N) is 1. The van der Waals surface area contributed by atoms with Crippen molar-refractivity contribution in [3.63, 3.8) is 0 Å². The first-order valence-electron chi connectivity index (χ1n) is 4.40. The molecular weight excluding hydrogens is 172 g/mol. The molecule has 1 aliphatic rings. The van der Waals surface area contributed by atoms with E-state index in [2.05, 4.69) is 0 Å². The molecule has 2 N–H and O–H groups in total. The Morgan fingerprint density at radius 1 is 1.38 bits per heavy atom. The third-order valence-corrected chi connectivity index (χ3v) is 2.63. The maximum Gasteiger partial charge on any atom is 0.129 e. The van der Waals surface area contributed by atoms with Gasteiger partial charge in [-0.15, -0.1) is 0 Å². The van der Waals surface area contributed by atoms with Gasteiger partial charge in [0.25, 0.3) is 0 Å². The lowest BCUT2D eigenvalue weighted by Gasteiger charge is -2.08. The van der Waals surface area contributed by atoms with Crippen molar-refractivity contribution in [3.8, 4) is 0 Å². The molecule has 1 aromatic carbocycles. The van der Waals surface area contributed by atoms with Gasteiger partial charge in [-0.05, 0) is 42.5 Å². The van der Waals surface area contributed by atoms with E-state index in [1.165, 1.54) is 6.07 Å². The maximum atomic E-state index is 13.3. The monoisotopic (exact) mass is 183 g/mol. The van der Waals surface area contributed by atoms with Gasteiger partial charge in [-0.25, -0.2) is 8.78 Å². The van der Waals surface area contributed by atoms with Crippen LogP contribution in [-0.2, 0) is 6.42 Å². The van der Waals surface area contributed by atoms with Crippen LogP contribution < -0.4 is 5.73 Å². The van der Waals surface area contributed by atoms with E-state index in [0.717, 1.165) is 24.5 Å². The summed E-state index contributed by atoms with van der Waals surface area (Å²) < 4.78 is 26.1. The van der Waals surface area contributed by atoms with Crippen LogP contribution in [0.2, 0.25) is 0 Å². The first-order valence-corrected chi connectivity index (χ1v) is 4.40. The highest BCUT2D eigenvalue weighted by Gasteiger charge is 2.25. The first-order chi connectivity index (χ1) is 6.22. The van der Waals surface area contributed by atoms with Crippen molar-refractivity contribution in [2.75, 3.05) is 6.54 Å². The van der Waals surface area contributed by atoms with E-state index in [9.17, 15) is 8.78 Å². The summed E-state index contributed by atoms with van der Waals surface area (Å²) >= 11 is 0. The van der Waals surface area contributed by atoms with Crippen molar-refractivity contribution in [2.24, 2.45) is 5.73 Å². The lowest BCUT2D eigenvalue weighted by molar-refractivity contribution is 0.560. The van der Waals surface area contributed by atoms with Gasteiger partial charge in [0.1, 0.15) is 11.6 Å². The highest BCUT2D eigenvalue weighted by molar-refractivity contribution is 5.36. The van der Waals surface area contributed by atoms with Gasteiger partial charge in [-0.1, -0.05) is 0 Å². The molecule has 0 amide bonds. The number of hydrogen-bond donors (Lipinski definition) is 1. The lowest BCUT2D eigenvalue weighted by atomic mass is 10.0. The predicted molar refractivity (Wildman–Crippen MR) is 46.5 cm³/mol. The Morgan fingerprint density at radius 3 is 2.85 bits per heavy atom. The Kier molecular flexibility index (Phi) is 2.04. The van der Waals surface area contributed by atoms with E-state index in [0.29, 0.717) is 12.1 Å². The molecule has 2 rings (SSSR count). The second kappa shape index (κ2) is 3.07. The number of rotatable bonds is 1. The third kappa shape index (κ3) is 1.33. The van der Waals surface area contributed by atoms with Crippen molar-refractivity contribution in [1.82, 2.24) is 0 Å². The highest BCUT2D eigenvalue weighted by atomic mass is 19.1. The molecule has 0 aliphatic heterocycles. The van der Waals surface area contributed by atoms with Crippen LogP contribution in [0.1, 0.15) is 23.5 Å². The predicted octanol–water partition coefficient (Wildman–Crippen LogP) is 1.95. The van der Waals surface area contributed by atoms with Crippen LogP contribution in [0.15, 0.2) is 12.1 Å². The number of benzene rings is 1. The smallest absolute Gasteiger partial charge is 0.129 e. The van der Waals surface area contributed by atoms with Crippen molar-refractivity contribution >= 4 is 0 Å². The molecule has 3 heteroatoms. The summed E-state index contributed by atoms with van der Waals surface area (Å²) in [6.45, 7) is 0.440. The van der Waals surface area contributed by atoms with E-state index < -0.39 is 11.6 Å². The molecule has 0 saturated carbocycles. The van der Waals surface area contributed by atoms with Gasteiger partial charge in [-0.3, -0.25) is 0 Å². The second-order valence-corrected chi connectivity index (χ2v) is 3.43. The molecule has 13 heavy (non-hydrogen) atoms. The van der Waals surface area contributed by atoms with Crippen molar-refractivity contribution in [1.29, 1.82) is 0 Å². The Morgan fingerprint density at radius 2 is 2.15 bits per heavy atom. The fourth-order valence-corrected chi connectivity index (χ4v) is 2.01. The second-order valence-electron chi connectivity index (χ2n) is 3.43. The Hall–Kier alpha value is -0.960. The summed E-state index contributed by atoms with van der Waals surface area (Å²) in [4.78, 5) is 0. The van der Waals surface area contributed by atoms with Crippen LogP contribution in [0, 0.1) is 11.6 Å². The summed E-state index contributed by atoms with van der Waals surface area (Å²) in [5, 5.41) is 0. The van der Waals surface area contributed by atoms with Gasteiger partial charge in [0, 0.05) is 6.07 Å². The van der Waals surface area contributed by atoms with Gasteiger partial charge in [0.2, 0.25) is 0 Å². The molecule has 0 heterocycles. The molecule has 1 aliphatic carbocycles. The first kappa shape index (κ1) is 8.63. The number of fused-ring (bicyclic) bond motifs is 1. The molecule has 1 unspecified atom stereocenters. The molecule has 1 atom stereocenters. The topological polar surface area (TPSA) is 26.0 Å². The minimum absolute atomic E-state index is 0.0793. The molecule has 0 radical (unpaired) electrons. The number of hydrogen-bond acceptors (Lipinski definition) is 1. The summed E-state index contributed by atoms with van der Waals surface area (Å²) in [6.07, 6.45) is 1.58. The van der Waals surface area contributed by atoms with Crippen molar-refractivity contribution in [3.05, 3.63) is 34.9 Å². The van der Waals surface area contributed by atoms with Crippen LogP contribution in [0.3, 0.4) is 0 Å². The largest absolute Gasteiger partial charge is 0.330 e. The molecule has 0 saturated heterocycles. The highest BCUT2D eigenvalue weighted by Crippen LogP contribution is 2.34. The Bertz CT molecular complexity index is 336. The maximum absolute atomic E-state index is 13.3. The summed E-state index contributed by atoms with van der Waals surface area (Å²) in [5.41, 5.74) is 6.91. The molecule has 0 spiro atoms. The van der Waals surface area contributed by atoms with E-state index in [1.54, 1.807) is 0 Å². The molecule has 0 aromatic heterocycles. The van der Waals surface area contributed by atoms with Crippen LogP contribution in [-0.4, -0.2) is 6.54 Å². The fraction of sp³-hybridized carbons (Fsp3) is 0.400. The van der Waals surface area contributed by atoms with Crippen molar-refractivity contribution < 1.29 is 8.78 Å². The van der Waals surface area contributed by atoms with Gasteiger partial charge in [0.05, 0.1) is 0 Å². The van der Waals surface area contributed by atoms with Crippen LogP contribution in [0.4, 0.5) is 8.78 Å². The molecule has 0 fully saturated rings. The Labute approximate surface area is 75.6 Å². The zero-order valence-corrected chi connectivity index (χ0v) is 7.19. The number of halogens is 2. The van der Waals surface area contributed by atoms with Gasteiger partial charge >= 0.3 is 0 Å².